The van der Waals surface area contributed by atoms with E-state index < -0.39 is 30.8 Å². The lowest BCUT2D eigenvalue weighted by Gasteiger charge is -2.27. The number of carbonyl (C=O) groups excluding carboxylic acids is 1. The van der Waals surface area contributed by atoms with Crippen molar-refractivity contribution in [3.8, 4) is 0 Å². The molecule has 10 heteroatoms. The molecule has 0 atom stereocenters. The summed E-state index contributed by atoms with van der Waals surface area (Å²) in [4.78, 5) is 10.5. The largest absolute Gasteiger partial charge is 0.508 e. The van der Waals surface area contributed by atoms with Gasteiger partial charge in [-0.25, -0.2) is 4.79 Å². The third kappa shape index (κ3) is 3.91. The fraction of sp³-hybridized carbons (Fsp3) is 0.875. The summed E-state index contributed by atoms with van der Waals surface area (Å²) < 4.78 is 92.3. The quantitative estimate of drug-likeness (QED) is 0.574. The van der Waals surface area contributed by atoms with Gasteiger partial charge < -0.3 is 9.47 Å². The molecular formula is C8H9F7O3. The summed E-state index contributed by atoms with van der Waals surface area (Å²) in [6.45, 7) is -1.12. The molecule has 0 aromatic carbocycles. The van der Waals surface area contributed by atoms with Gasteiger partial charge in [0.25, 0.3) is 0 Å². The van der Waals surface area contributed by atoms with Gasteiger partial charge in [-0.2, -0.15) is 30.7 Å². The summed E-state index contributed by atoms with van der Waals surface area (Å²) in [5, 5.41) is 0. The number of halogens is 7. The van der Waals surface area contributed by atoms with Crippen LogP contribution in [0.1, 0.15) is 13.3 Å². The minimum Gasteiger partial charge on any atom is -0.434 e. The summed E-state index contributed by atoms with van der Waals surface area (Å²) >= 11 is 0. The Labute approximate surface area is 96.8 Å². The van der Waals surface area contributed by atoms with Crippen molar-refractivity contribution < 1.29 is 45.0 Å². The number of alkyl halides is 7. The van der Waals surface area contributed by atoms with Crippen LogP contribution in [0.3, 0.4) is 0 Å². The Hall–Kier alpha value is -1.22. The minimum absolute atomic E-state index is 0.236. The molecule has 0 rings (SSSR count). The molecule has 0 aromatic heterocycles. The zero-order valence-electron chi connectivity index (χ0n) is 8.99. The van der Waals surface area contributed by atoms with E-state index in [2.05, 4.69) is 9.47 Å². The Balaban J connectivity index is 4.53. The molecule has 0 fully saturated rings. The topological polar surface area (TPSA) is 35.5 Å². The molecule has 0 spiro atoms. The van der Waals surface area contributed by atoms with E-state index in [1.165, 1.54) is 0 Å². The predicted octanol–water partition coefficient (Wildman–Crippen LogP) is 3.38. The molecule has 0 N–H and O–H groups in total. The second-order valence-corrected chi connectivity index (χ2v) is 3.16. The molecule has 18 heavy (non-hydrogen) atoms. The van der Waals surface area contributed by atoms with E-state index in [1.807, 2.05) is 0 Å². The van der Waals surface area contributed by atoms with Gasteiger partial charge in [-0.15, -0.1) is 0 Å². The van der Waals surface area contributed by atoms with E-state index in [0.717, 1.165) is 0 Å². The number of ether oxygens (including phenoxy) is 2. The maximum absolute atomic E-state index is 12.6. The first kappa shape index (κ1) is 16.8. The van der Waals surface area contributed by atoms with Crippen LogP contribution in [0.5, 0.6) is 0 Å². The lowest BCUT2D eigenvalue weighted by molar-refractivity contribution is -0.359. The summed E-state index contributed by atoms with van der Waals surface area (Å²) in [5.41, 5.74) is 0. The van der Waals surface area contributed by atoms with Crippen molar-refractivity contribution >= 4 is 6.16 Å². The van der Waals surface area contributed by atoms with Crippen LogP contribution in [0, 0.1) is 0 Å². The first-order valence-electron chi connectivity index (χ1n) is 4.57. The molecule has 0 heterocycles. The SMILES string of the molecule is CCCOC(=O)OCC(F)(F)C(F)(F)C(F)(F)F. The fourth-order valence-electron chi connectivity index (χ4n) is 0.675. The van der Waals surface area contributed by atoms with Crippen molar-refractivity contribution in [2.75, 3.05) is 13.2 Å². The van der Waals surface area contributed by atoms with Crippen LogP contribution in [0.25, 0.3) is 0 Å². The molecule has 0 radical (unpaired) electrons. The van der Waals surface area contributed by atoms with Gasteiger partial charge in [-0.3, -0.25) is 0 Å². The Morgan fingerprint density at radius 2 is 1.50 bits per heavy atom. The normalized spacial score (nSPS) is 13.3. The molecule has 0 amide bonds. The van der Waals surface area contributed by atoms with Gasteiger partial charge in [-0.1, -0.05) is 6.92 Å². The van der Waals surface area contributed by atoms with Crippen molar-refractivity contribution in [3.63, 3.8) is 0 Å². The van der Waals surface area contributed by atoms with Crippen molar-refractivity contribution in [3.05, 3.63) is 0 Å². The highest BCUT2D eigenvalue weighted by atomic mass is 19.4. The Kier molecular flexibility index (Phi) is 5.23. The highest BCUT2D eigenvalue weighted by molar-refractivity contribution is 5.59. The number of hydrogen-bond acceptors (Lipinski definition) is 3. The van der Waals surface area contributed by atoms with Crippen molar-refractivity contribution in [1.82, 2.24) is 0 Å². The van der Waals surface area contributed by atoms with E-state index in [0.29, 0.717) is 6.42 Å². The molecule has 0 saturated carbocycles. The van der Waals surface area contributed by atoms with E-state index in [-0.39, 0.29) is 6.61 Å². The monoisotopic (exact) mass is 286 g/mol. The van der Waals surface area contributed by atoms with Crippen molar-refractivity contribution in [2.45, 2.75) is 31.4 Å². The second-order valence-electron chi connectivity index (χ2n) is 3.16. The van der Waals surface area contributed by atoms with E-state index >= 15 is 0 Å². The Morgan fingerprint density at radius 1 is 1.00 bits per heavy atom. The Bertz CT molecular complexity index is 287. The summed E-state index contributed by atoms with van der Waals surface area (Å²) in [6, 6.07) is 0. The maximum Gasteiger partial charge on any atom is 0.508 e. The molecule has 0 aliphatic heterocycles. The average Bonchev–Trinajstić information content (AvgIpc) is 2.21. The zero-order chi connectivity index (χ0) is 14.6. The van der Waals surface area contributed by atoms with Crippen LogP contribution < -0.4 is 0 Å². The number of rotatable bonds is 5. The van der Waals surface area contributed by atoms with Gasteiger partial charge in [0.1, 0.15) is 0 Å². The summed E-state index contributed by atoms with van der Waals surface area (Å²) in [7, 11) is 0. The van der Waals surface area contributed by atoms with Crippen LogP contribution in [0.4, 0.5) is 35.5 Å². The standard InChI is InChI=1S/C8H9F7O3/c1-2-3-17-5(16)18-4-6(9,10)7(11,12)8(13,14)15/h2-4H2,1H3. The molecule has 0 saturated heterocycles. The van der Waals surface area contributed by atoms with Crippen LogP contribution in [0.2, 0.25) is 0 Å². The van der Waals surface area contributed by atoms with E-state index in [9.17, 15) is 35.5 Å². The molecular weight excluding hydrogens is 277 g/mol. The van der Waals surface area contributed by atoms with Crippen molar-refractivity contribution in [2.24, 2.45) is 0 Å². The first-order chi connectivity index (χ1) is 7.95. The second kappa shape index (κ2) is 5.61. The van der Waals surface area contributed by atoms with Gasteiger partial charge in [0.05, 0.1) is 6.61 Å². The molecule has 3 nitrogen and oxygen atoms in total. The molecule has 0 aliphatic rings. The first-order valence-corrected chi connectivity index (χ1v) is 4.57. The van der Waals surface area contributed by atoms with Gasteiger partial charge in [0.15, 0.2) is 6.61 Å². The highest BCUT2D eigenvalue weighted by Crippen LogP contribution is 2.46. The van der Waals surface area contributed by atoms with Gasteiger partial charge in [0.2, 0.25) is 0 Å². The molecule has 0 bridgehead atoms. The van der Waals surface area contributed by atoms with Gasteiger partial charge in [-0.05, 0) is 6.42 Å². The molecule has 0 aliphatic carbocycles. The third-order valence-electron chi connectivity index (χ3n) is 1.61. The minimum atomic E-state index is -6.45. The van der Waals surface area contributed by atoms with E-state index in [1.54, 1.807) is 6.92 Å². The molecule has 0 aromatic rings. The number of carbonyl (C=O) groups is 1. The predicted molar refractivity (Wildman–Crippen MR) is 43.5 cm³/mol. The van der Waals surface area contributed by atoms with E-state index in [4.69, 9.17) is 0 Å². The lowest BCUT2D eigenvalue weighted by atomic mass is 10.2. The van der Waals surface area contributed by atoms with Crippen LogP contribution in [-0.4, -0.2) is 37.4 Å². The van der Waals surface area contributed by atoms with Crippen LogP contribution in [0.15, 0.2) is 0 Å². The summed E-state index contributed by atoms with van der Waals surface area (Å²) in [5.74, 6) is -11.9. The fourth-order valence-corrected chi connectivity index (χ4v) is 0.675. The van der Waals surface area contributed by atoms with Gasteiger partial charge >= 0.3 is 24.2 Å². The molecule has 108 valence electrons. The maximum atomic E-state index is 12.6. The number of hydrogen-bond donors (Lipinski definition) is 0. The lowest BCUT2D eigenvalue weighted by Crippen LogP contribution is -2.54. The Morgan fingerprint density at radius 3 is 1.89 bits per heavy atom. The molecule has 0 unspecified atom stereocenters. The smallest absolute Gasteiger partial charge is 0.434 e. The third-order valence-corrected chi connectivity index (χ3v) is 1.61. The summed E-state index contributed by atoms with van der Waals surface area (Å²) in [6.07, 6.45) is -7.90. The average molecular weight is 286 g/mol. The van der Waals surface area contributed by atoms with Crippen molar-refractivity contribution in [1.29, 1.82) is 0 Å². The zero-order valence-corrected chi connectivity index (χ0v) is 8.99. The highest BCUT2D eigenvalue weighted by Gasteiger charge is 2.73. The van der Waals surface area contributed by atoms with Gasteiger partial charge in [0, 0.05) is 0 Å². The van der Waals surface area contributed by atoms with Crippen LogP contribution in [-0.2, 0) is 9.47 Å². The van der Waals surface area contributed by atoms with Crippen LogP contribution >= 0.6 is 0 Å².